The topological polar surface area (TPSA) is 153 Å². The summed E-state index contributed by atoms with van der Waals surface area (Å²) < 4.78 is 18.0. The average molecular weight is 535 g/mol. The zero-order chi connectivity index (χ0) is 27.4. The number of imidazole rings is 1. The molecule has 2 aromatic carbocycles. The molecule has 0 bridgehead atoms. The molecule has 2 aromatic heterocycles. The molecule has 3 heterocycles. The van der Waals surface area contributed by atoms with Gasteiger partial charge in [-0.2, -0.15) is 0 Å². The van der Waals surface area contributed by atoms with Crippen molar-refractivity contribution in [2.24, 2.45) is 0 Å². The molecule has 0 saturated carbocycles. The number of hydrogen-bond donors (Lipinski definition) is 4. The molecule has 4 N–H and O–H groups in total. The summed E-state index contributed by atoms with van der Waals surface area (Å²) in [4.78, 5) is 26.2. The van der Waals surface area contributed by atoms with Crippen LogP contribution in [-0.2, 0) is 20.8 Å². The van der Waals surface area contributed by atoms with Gasteiger partial charge in [-0.1, -0.05) is 30.3 Å². The number of carbonyl (C=O) groups excluding carboxylic acids is 1. The average Bonchev–Trinajstić information content (AvgIpc) is 3.52. The van der Waals surface area contributed by atoms with Crippen molar-refractivity contribution in [1.29, 1.82) is 0 Å². The highest BCUT2D eigenvalue weighted by Crippen LogP contribution is 2.34. The Hall–Kier alpha value is -4.10. The van der Waals surface area contributed by atoms with E-state index in [1.54, 1.807) is 7.11 Å². The van der Waals surface area contributed by atoms with Crippen LogP contribution in [0.3, 0.4) is 0 Å². The molecule has 1 aliphatic rings. The zero-order valence-electron chi connectivity index (χ0n) is 21.5. The molecule has 204 valence electrons. The Balaban J connectivity index is 1.52. The minimum Gasteiger partial charge on any atom is -0.491 e. The number of anilines is 1. The Morgan fingerprint density at radius 3 is 2.54 bits per heavy atom. The highest BCUT2D eigenvalue weighted by Gasteiger charge is 2.47. The van der Waals surface area contributed by atoms with Crippen molar-refractivity contribution in [3.63, 3.8) is 0 Å². The minimum absolute atomic E-state index is 0.366. The first-order valence-electron chi connectivity index (χ1n) is 12.5. The predicted molar refractivity (Wildman–Crippen MR) is 142 cm³/mol. The summed E-state index contributed by atoms with van der Waals surface area (Å²) in [7, 11) is 3.05. The van der Waals surface area contributed by atoms with Crippen LogP contribution in [0.1, 0.15) is 11.8 Å². The van der Waals surface area contributed by atoms with E-state index in [0.29, 0.717) is 48.3 Å². The maximum Gasteiger partial charge on any atom is 0.251 e. The van der Waals surface area contributed by atoms with Gasteiger partial charge in [-0.3, -0.25) is 9.36 Å². The van der Waals surface area contributed by atoms with Crippen molar-refractivity contribution < 1.29 is 29.2 Å². The summed E-state index contributed by atoms with van der Waals surface area (Å²) in [5.74, 6) is 1.02. The van der Waals surface area contributed by atoms with E-state index in [1.165, 1.54) is 17.9 Å². The van der Waals surface area contributed by atoms with Crippen LogP contribution in [0, 0.1) is 0 Å². The summed E-state index contributed by atoms with van der Waals surface area (Å²) in [6, 6.07) is 17.2. The number of carbonyl (C=O) groups is 1. The number of aliphatic hydroxyl groups is 2. The van der Waals surface area contributed by atoms with Gasteiger partial charge in [0, 0.05) is 26.3 Å². The highest BCUT2D eigenvalue weighted by molar-refractivity contribution is 5.85. The number of fused-ring (bicyclic) bond motifs is 1. The van der Waals surface area contributed by atoms with Gasteiger partial charge in [0.2, 0.25) is 0 Å². The molecule has 1 aliphatic heterocycles. The molecule has 39 heavy (non-hydrogen) atoms. The number of rotatable bonds is 10. The first-order valence-corrected chi connectivity index (χ1v) is 12.5. The van der Waals surface area contributed by atoms with Gasteiger partial charge in [0.1, 0.15) is 24.6 Å². The standard InChI is InChI=1S/C27H30N6O6/c1-28-26(36)22-20(34)21(35)27(39-22)33-15-30-19-24(29-14-16-6-4-3-5-7-16)31-23(32-25(19)33)17-8-10-18(11-9-17)38-13-12-37-2/h3-11,15,20-22,27,34-35H,12-14H2,1-2H3,(H,28,36)(H,29,31,32)/t20?,21?,22-,27?/m1/s1. The van der Waals surface area contributed by atoms with Crippen LogP contribution >= 0.6 is 0 Å². The molecule has 5 rings (SSSR count). The zero-order valence-corrected chi connectivity index (χ0v) is 21.5. The molecular formula is C27H30N6O6. The molecule has 4 aromatic rings. The van der Waals surface area contributed by atoms with E-state index in [0.717, 1.165) is 11.1 Å². The molecular weight excluding hydrogens is 504 g/mol. The third kappa shape index (κ3) is 5.54. The van der Waals surface area contributed by atoms with E-state index in [9.17, 15) is 15.0 Å². The summed E-state index contributed by atoms with van der Waals surface area (Å²) in [5, 5.41) is 27.0. The predicted octanol–water partition coefficient (Wildman–Crippen LogP) is 1.50. The summed E-state index contributed by atoms with van der Waals surface area (Å²) in [5.41, 5.74) is 2.59. The number of hydrogen-bond acceptors (Lipinski definition) is 10. The van der Waals surface area contributed by atoms with Gasteiger partial charge in [-0.05, 0) is 29.8 Å². The second-order valence-corrected chi connectivity index (χ2v) is 8.97. The lowest BCUT2D eigenvalue weighted by Gasteiger charge is -2.17. The molecule has 0 spiro atoms. The Kier molecular flexibility index (Phi) is 7.98. The molecule has 0 radical (unpaired) electrons. The van der Waals surface area contributed by atoms with Crippen molar-refractivity contribution in [3.05, 3.63) is 66.5 Å². The van der Waals surface area contributed by atoms with E-state index < -0.39 is 30.4 Å². The number of likely N-dealkylation sites (N-methyl/N-ethyl adjacent to an activating group) is 1. The van der Waals surface area contributed by atoms with Crippen LogP contribution in [0.15, 0.2) is 60.9 Å². The summed E-state index contributed by atoms with van der Waals surface area (Å²) in [6.07, 6.45) is -3.68. The van der Waals surface area contributed by atoms with E-state index in [4.69, 9.17) is 24.2 Å². The lowest BCUT2D eigenvalue weighted by molar-refractivity contribution is -0.137. The second-order valence-electron chi connectivity index (χ2n) is 8.97. The van der Waals surface area contributed by atoms with Crippen molar-refractivity contribution >= 4 is 22.9 Å². The fraction of sp³-hybridized carbons (Fsp3) is 0.333. The quantitative estimate of drug-likeness (QED) is 0.220. The van der Waals surface area contributed by atoms with E-state index in [-0.39, 0.29) is 0 Å². The fourth-order valence-corrected chi connectivity index (χ4v) is 4.33. The molecule has 12 nitrogen and oxygen atoms in total. The van der Waals surface area contributed by atoms with Crippen LogP contribution < -0.4 is 15.4 Å². The summed E-state index contributed by atoms with van der Waals surface area (Å²) in [6.45, 7) is 1.40. The van der Waals surface area contributed by atoms with E-state index in [1.807, 2.05) is 54.6 Å². The van der Waals surface area contributed by atoms with Crippen molar-refractivity contribution in [2.45, 2.75) is 31.1 Å². The second kappa shape index (κ2) is 11.7. The Morgan fingerprint density at radius 2 is 1.82 bits per heavy atom. The smallest absolute Gasteiger partial charge is 0.251 e. The summed E-state index contributed by atoms with van der Waals surface area (Å²) >= 11 is 0. The van der Waals surface area contributed by atoms with Crippen molar-refractivity contribution in [2.75, 3.05) is 32.7 Å². The number of nitrogens with one attached hydrogen (secondary N) is 2. The SMILES string of the molecule is CNC(=O)[C@@H]1OC(n2cnc3c(NCc4ccccc4)nc(-c4ccc(OCCOC)cc4)nc32)C(O)C1O. The van der Waals surface area contributed by atoms with Gasteiger partial charge in [-0.25, -0.2) is 15.0 Å². The molecule has 12 heteroatoms. The molecule has 1 fully saturated rings. The first-order chi connectivity index (χ1) is 19.0. The molecule has 1 amide bonds. The lowest BCUT2D eigenvalue weighted by atomic mass is 10.1. The third-order valence-corrected chi connectivity index (χ3v) is 6.41. The van der Waals surface area contributed by atoms with Crippen molar-refractivity contribution in [3.8, 4) is 17.1 Å². The van der Waals surface area contributed by atoms with Gasteiger partial charge in [-0.15, -0.1) is 0 Å². The van der Waals surface area contributed by atoms with Gasteiger partial charge >= 0.3 is 0 Å². The van der Waals surface area contributed by atoms with Crippen LogP contribution in [0.5, 0.6) is 5.75 Å². The number of nitrogens with zero attached hydrogens (tertiary/aromatic N) is 4. The number of methoxy groups -OCH3 is 1. The molecule has 4 atom stereocenters. The van der Waals surface area contributed by atoms with Crippen LogP contribution in [-0.4, -0.2) is 81.3 Å². The number of benzene rings is 2. The fourth-order valence-electron chi connectivity index (χ4n) is 4.33. The van der Waals surface area contributed by atoms with Gasteiger partial charge in [0.05, 0.1) is 12.9 Å². The third-order valence-electron chi connectivity index (χ3n) is 6.41. The molecule has 1 saturated heterocycles. The van der Waals surface area contributed by atoms with Gasteiger partial charge < -0.3 is 35.1 Å². The largest absolute Gasteiger partial charge is 0.491 e. The van der Waals surface area contributed by atoms with E-state index >= 15 is 0 Å². The van der Waals surface area contributed by atoms with Gasteiger partial charge in [0.15, 0.2) is 35.1 Å². The lowest BCUT2D eigenvalue weighted by Crippen LogP contribution is -2.41. The highest BCUT2D eigenvalue weighted by atomic mass is 16.6. The van der Waals surface area contributed by atoms with Crippen LogP contribution in [0.25, 0.3) is 22.6 Å². The molecule has 3 unspecified atom stereocenters. The molecule has 0 aliphatic carbocycles. The Bertz CT molecular complexity index is 1410. The first kappa shape index (κ1) is 26.5. The van der Waals surface area contributed by atoms with Crippen LogP contribution in [0.4, 0.5) is 5.82 Å². The maximum absolute atomic E-state index is 12.2. The number of amides is 1. The minimum atomic E-state index is -1.42. The van der Waals surface area contributed by atoms with Crippen LogP contribution in [0.2, 0.25) is 0 Å². The number of ether oxygens (including phenoxy) is 3. The Morgan fingerprint density at radius 1 is 1.05 bits per heavy atom. The number of aliphatic hydroxyl groups excluding tert-OH is 2. The monoisotopic (exact) mass is 534 g/mol. The van der Waals surface area contributed by atoms with E-state index in [2.05, 4.69) is 15.6 Å². The maximum atomic E-state index is 12.2. The number of aromatic nitrogens is 4. The van der Waals surface area contributed by atoms with Crippen molar-refractivity contribution in [1.82, 2.24) is 24.8 Å². The Labute approximate surface area is 224 Å². The van der Waals surface area contributed by atoms with Gasteiger partial charge in [0.25, 0.3) is 5.91 Å². The normalized spacial score (nSPS) is 20.7.